The Balaban J connectivity index is -0.000000184. The molecule has 0 nitrogen and oxygen atoms in total. The van der Waals surface area contributed by atoms with Gasteiger partial charge >= 0.3 is 67.5 Å². The Morgan fingerprint density at radius 2 is 1.00 bits per heavy atom. The molecule has 6 rings (SSSR count). The van der Waals surface area contributed by atoms with Crippen LogP contribution >= 0.6 is 0 Å². The van der Waals surface area contributed by atoms with Crippen molar-refractivity contribution >= 4 is 24.8 Å². The van der Waals surface area contributed by atoms with Crippen LogP contribution in [0, 0.1) is 12.2 Å². The van der Waals surface area contributed by atoms with Crippen molar-refractivity contribution in [3.63, 3.8) is 0 Å². The molecule has 6 heteroatoms. The summed E-state index contributed by atoms with van der Waals surface area (Å²) < 4.78 is 1.51. The van der Waals surface area contributed by atoms with Gasteiger partial charge in [0.15, 0.2) is 0 Å². The quantitative estimate of drug-likeness (QED) is 0.165. The normalized spacial score (nSPS) is 10.5. The van der Waals surface area contributed by atoms with Crippen molar-refractivity contribution in [3.05, 3.63) is 134 Å². The SMILES string of the molecule is C[C](C)=[Zr+2].[C-]1=CC=CC1.[C-]1=CC=CC1.[Cl-].[Cl-].[Cl-].[Cl-].[Zr+4].c1ccc2[cH-]ccc2c1.c1ccc2[cH-]ccc2c1. The van der Waals surface area contributed by atoms with Crippen molar-refractivity contribution in [1.82, 2.24) is 0 Å². The van der Waals surface area contributed by atoms with Gasteiger partial charge in [-0.15, -0.1) is 72.1 Å². The predicted octanol–water partition coefficient (Wildman–Crippen LogP) is -3.51. The third-order valence-corrected chi connectivity index (χ3v) is 4.27. The van der Waals surface area contributed by atoms with Crippen LogP contribution in [0.4, 0.5) is 0 Å². The van der Waals surface area contributed by atoms with Crippen molar-refractivity contribution < 1.29 is 100 Å². The molecule has 0 N–H and O–H groups in total. The molecule has 0 spiro atoms. The van der Waals surface area contributed by atoms with Crippen LogP contribution in [0.5, 0.6) is 0 Å². The number of hydrogen-bond donors (Lipinski definition) is 0. The summed E-state index contributed by atoms with van der Waals surface area (Å²) in [5.74, 6) is 0. The van der Waals surface area contributed by atoms with Crippen LogP contribution in [-0.4, -0.2) is 3.21 Å². The summed E-state index contributed by atoms with van der Waals surface area (Å²) in [5, 5.41) is 5.32. The first kappa shape index (κ1) is 43.5. The zero-order valence-corrected chi connectivity index (χ0v) is 28.9. The van der Waals surface area contributed by atoms with Crippen LogP contribution in [0.15, 0.2) is 121 Å². The maximum Gasteiger partial charge on any atom is 4.00 e. The molecule has 0 amide bonds. The van der Waals surface area contributed by atoms with Crippen molar-refractivity contribution in [2.45, 2.75) is 26.7 Å². The predicted molar refractivity (Wildman–Crippen MR) is 139 cm³/mol. The standard InChI is InChI=1S/2C9H7.2C5H5.C3H6.4ClH.2Zr/c2*1-2-5-9-7-3-6-8(9)4-1;2*1-2-4-5-3-1;1-3-2;;;;;;/h2*1-7H;2*1-3H,4H2;1-2H3;4*1H;;/q4*-1;;;;;;+2;+4/p-4. The number of fused-ring (bicyclic) bond motifs is 2. The van der Waals surface area contributed by atoms with Gasteiger partial charge in [-0.25, -0.2) is 24.3 Å². The summed E-state index contributed by atoms with van der Waals surface area (Å²) >= 11 is 1.55. The maximum absolute atomic E-state index is 2.99. The van der Waals surface area contributed by atoms with Crippen LogP contribution in [0.25, 0.3) is 21.5 Å². The van der Waals surface area contributed by atoms with Crippen molar-refractivity contribution in [3.8, 4) is 0 Å². The van der Waals surface area contributed by atoms with Gasteiger partial charge in [0, 0.05) is 0 Å². The molecule has 37 heavy (non-hydrogen) atoms. The van der Waals surface area contributed by atoms with Gasteiger partial charge in [0.05, 0.1) is 0 Å². The van der Waals surface area contributed by atoms with Gasteiger partial charge < -0.3 is 49.6 Å². The van der Waals surface area contributed by atoms with E-state index in [0.29, 0.717) is 0 Å². The fourth-order valence-electron chi connectivity index (χ4n) is 2.82. The van der Waals surface area contributed by atoms with E-state index >= 15 is 0 Å². The molecule has 0 fully saturated rings. The zero-order valence-electron chi connectivity index (χ0n) is 21.0. The second kappa shape index (κ2) is 28.4. The van der Waals surface area contributed by atoms with E-state index in [1.165, 1.54) is 24.8 Å². The third kappa shape index (κ3) is 21.0. The van der Waals surface area contributed by atoms with Crippen molar-refractivity contribution in [1.29, 1.82) is 0 Å². The largest absolute Gasteiger partial charge is 4.00 e. The molecule has 0 atom stereocenters. The second-order valence-electron chi connectivity index (χ2n) is 7.32. The Hall–Kier alpha value is -0.584. The van der Waals surface area contributed by atoms with Gasteiger partial charge in [-0.1, -0.05) is 12.1 Å². The maximum atomic E-state index is 2.99. The summed E-state index contributed by atoms with van der Waals surface area (Å²) in [7, 11) is 0. The Morgan fingerprint density at radius 3 is 1.24 bits per heavy atom. The topological polar surface area (TPSA) is 0 Å². The molecule has 0 unspecified atom stereocenters. The fraction of sp³-hybridized carbons (Fsp3) is 0.129. The molecule has 4 aromatic carbocycles. The van der Waals surface area contributed by atoms with E-state index in [2.05, 4.69) is 123 Å². The molecule has 2 aliphatic carbocycles. The molecule has 0 saturated heterocycles. The second-order valence-corrected chi connectivity index (χ2v) is 9.77. The van der Waals surface area contributed by atoms with E-state index in [1.807, 2.05) is 24.3 Å². The molecule has 0 heterocycles. The zero-order chi connectivity index (χ0) is 22.9. The average molecular weight is 727 g/mol. The molecule has 0 saturated carbocycles. The minimum atomic E-state index is 0. The Kier molecular flexibility index (Phi) is 33.4. The van der Waals surface area contributed by atoms with Crippen LogP contribution in [0.3, 0.4) is 0 Å². The summed E-state index contributed by atoms with van der Waals surface area (Å²) in [5.41, 5.74) is 0. The van der Waals surface area contributed by atoms with E-state index in [9.17, 15) is 0 Å². The van der Waals surface area contributed by atoms with Crippen LogP contribution < -0.4 is 49.6 Å². The van der Waals surface area contributed by atoms with E-state index in [0.717, 1.165) is 12.8 Å². The Bertz CT molecular complexity index is 1010. The van der Waals surface area contributed by atoms with Gasteiger partial charge in [-0.2, -0.15) is 47.2 Å². The molecule has 192 valence electrons. The first-order chi connectivity index (χ1) is 15.7. The number of hydrogen-bond acceptors (Lipinski definition) is 0. The Labute approximate surface area is 282 Å². The van der Waals surface area contributed by atoms with Crippen molar-refractivity contribution in [2.24, 2.45) is 0 Å². The van der Waals surface area contributed by atoms with Gasteiger partial charge in [0.1, 0.15) is 0 Å². The molecule has 2 aliphatic rings. The molecule has 4 aromatic rings. The number of halogens is 4. The van der Waals surface area contributed by atoms with E-state index < -0.39 is 0 Å². The average Bonchev–Trinajstić information content (AvgIpc) is 3.62. The Morgan fingerprint density at radius 1 is 0.649 bits per heavy atom. The third-order valence-electron chi connectivity index (χ3n) is 4.27. The van der Waals surface area contributed by atoms with E-state index in [1.54, 1.807) is 24.2 Å². The van der Waals surface area contributed by atoms with E-state index in [4.69, 9.17) is 0 Å². The molecule has 0 bridgehead atoms. The smallest absolute Gasteiger partial charge is 1.00 e. The first-order valence-corrected chi connectivity index (χ1v) is 12.1. The van der Waals surface area contributed by atoms with Crippen LogP contribution in [0.2, 0.25) is 0 Å². The summed E-state index contributed by atoms with van der Waals surface area (Å²) in [6.07, 6.45) is 20.0. The number of rotatable bonds is 0. The monoisotopic (exact) mass is 722 g/mol. The van der Waals surface area contributed by atoms with Gasteiger partial charge in [-0.3, -0.25) is 12.2 Å². The number of benzene rings is 2. The minimum Gasteiger partial charge on any atom is -1.00 e. The fourth-order valence-corrected chi connectivity index (χ4v) is 2.82. The first-order valence-electron chi connectivity index (χ1n) is 10.8. The molecule has 0 aliphatic heterocycles. The van der Waals surface area contributed by atoms with Crippen LogP contribution in [0.1, 0.15) is 26.7 Å². The van der Waals surface area contributed by atoms with Gasteiger partial charge in [0.2, 0.25) is 0 Å². The molecule has 0 aromatic heterocycles. The molecular weight excluding hydrogens is 697 g/mol. The summed E-state index contributed by atoms with van der Waals surface area (Å²) in [6, 6.07) is 29.3. The van der Waals surface area contributed by atoms with Crippen LogP contribution in [-0.2, 0) is 50.4 Å². The summed E-state index contributed by atoms with van der Waals surface area (Å²) in [4.78, 5) is 0. The summed E-state index contributed by atoms with van der Waals surface area (Å²) in [6.45, 7) is 4.25. The van der Waals surface area contributed by atoms with Gasteiger partial charge in [-0.05, 0) is 0 Å². The molecular formula is C31H30Cl4Zr2-2. The van der Waals surface area contributed by atoms with Crippen molar-refractivity contribution in [2.75, 3.05) is 0 Å². The van der Waals surface area contributed by atoms with E-state index in [-0.39, 0.29) is 75.8 Å². The molecule has 0 radical (unpaired) electrons. The minimum absolute atomic E-state index is 0. The number of allylic oxidation sites excluding steroid dienone is 8. The van der Waals surface area contributed by atoms with Gasteiger partial charge in [0.25, 0.3) is 0 Å².